The summed E-state index contributed by atoms with van der Waals surface area (Å²) in [7, 11) is 1.66. The van der Waals surface area contributed by atoms with E-state index in [1.165, 1.54) is 0 Å². The second-order valence-electron chi connectivity index (χ2n) is 5.01. The van der Waals surface area contributed by atoms with Gasteiger partial charge in [-0.1, -0.05) is 0 Å². The second-order valence-corrected chi connectivity index (χ2v) is 5.01. The third-order valence-electron chi connectivity index (χ3n) is 3.18. The van der Waals surface area contributed by atoms with E-state index in [2.05, 4.69) is 15.7 Å². The van der Waals surface area contributed by atoms with Gasteiger partial charge in [-0.15, -0.1) is 0 Å². The molecule has 0 aliphatic heterocycles. The number of aromatic nitrogens is 2. The molecule has 0 atom stereocenters. The van der Waals surface area contributed by atoms with Crippen LogP contribution < -0.4 is 10.6 Å². The number of nitrogens with zero attached hydrogens (tertiary/aromatic N) is 2. The number of amides is 1. The van der Waals surface area contributed by atoms with E-state index in [0.29, 0.717) is 18.7 Å². The van der Waals surface area contributed by atoms with Gasteiger partial charge in [0.05, 0.1) is 18.5 Å². The maximum absolute atomic E-state index is 12.0. The number of aryl methyl sites for hydroxylation is 1. The largest absolute Gasteiger partial charge is 0.383 e. The van der Waals surface area contributed by atoms with E-state index in [0.717, 1.165) is 24.3 Å². The van der Waals surface area contributed by atoms with E-state index in [-0.39, 0.29) is 5.91 Å². The van der Waals surface area contributed by atoms with Crippen molar-refractivity contribution in [3.63, 3.8) is 0 Å². The molecule has 2 N–H and O–H groups in total. The van der Waals surface area contributed by atoms with Gasteiger partial charge in [-0.2, -0.15) is 5.10 Å². The zero-order chi connectivity index (χ0) is 15.8. The molecule has 118 valence electrons. The molecule has 0 fully saturated rings. The highest BCUT2D eigenvalue weighted by atomic mass is 16.5. The molecule has 1 amide bonds. The number of benzene rings is 1. The Hall–Kier alpha value is -2.18. The SMILES string of the molecule is COCCNCCNC(=O)c1ccc(-n2cc(C)cn2)cc1. The molecule has 0 radical (unpaired) electrons. The minimum Gasteiger partial charge on any atom is -0.383 e. The number of nitrogens with one attached hydrogen (secondary N) is 2. The summed E-state index contributed by atoms with van der Waals surface area (Å²) in [6.45, 7) is 4.75. The van der Waals surface area contributed by atoms with Gasteiger partial charge in [0, 0.05) is 38.5 Å². The monoisotopic (exact) mass is 302 g/mol. The van der Waals surface area contributed by atoms with Crippen LogP contribution >= 0.6 is 0 Å². The average Bonchev–Trinajstić information content (AvgIpc) is 2.97. The fourth-order valence-corrected chi connectivity index (χ4v) is 1.99. The minimum atomic E-state index is -0.0725. The number of carbonyl (C=O) groups excluding carboxylic acids is 1. The molecule has 0 saturated carbocycles. The molecule has 1 aromatic carbocycles. The van der Waals surface area contributed by atoms with E-state index in [4.69, 9.17) is 4.74 Å². The Morgan fingerprint density at radius 2 is 2.00 bits per heavy atom. The number of hydrogen-bond donors (Lipinski definition) is 2. The van der Waals surface area contributed by atoms with Gasteiger partial charge in [0.2, 0.25) is 0 Å². The van der Waals surface area contributed by atoms with Crippen molar-refractivity contribution in [2.45, 2.75) is 6.92 Å². The first-order chi connectivity index (χ1) is 10.7. The van der Waals surface area contributed by atoms with Crippen molar-refractivity contribution in [3.05, 3.63) is 47.8 Å². The van der Waals surface area contributed by atoms with Crippen molar-refractivity contribution in [2.75, 3.05) is 33.4 Å². The summed E-state index contributed by atoms with van der Waals surface area (Å²) in [4.78, 5) is 12.0. The highest BCUT2D eigenvalue weighted by Crippen LogP contribution is 2.09. The van der Waals surface area contributed by atoms with Gasteiger partial charge in [-0.25, -0.2) is 4.68 Å². The van der Waals surface area contributed by atoms with Gasteiger partial charge >= 0.3 is 0 Å². The molecule has 0 aliphatic carbocycles. The van der Waals surface area contributed by atoms with E-state index in [1.54, 1.807) is 30.1 Å². The van der Waals surface area contributed by atoms with Crippen LogP contribution in [0.15, 0.2) is 36.7 Å². The van der Waals surface area contributed by atoms with Crippen LogP contribution in [0.4, 0.5) is 0 Å². The lowest BCUT2D eigenvalue weighted by Gasteiger charge is -2.07. The topological polar surface area (TPSA) is 68.2 Å². The fraction of sp³-hybridized carbons (Fsp3) is 0.375. The Kier molecular flexibility index (Phi) is 6.12. The van der Waals surface area contributed by atoms with Crippen molar-refractivity contribution in [3.8, 4) is 5.69 Å². The maximum Gasteiger partial charge on any atom is 0.251 e. The maximum atomic E-state index is 12.0. The summed E-state index contributed by atoms with van der Waals surface area (Å²) >= 11 is 0. The van der Waals surface area contributed by atoms with Crippen molar-refractivity contribution in [2.24, 2.45) is 0 Å². The number of methoxy groups -OCH3 is 1. The smallest absolute Gasteiger partial charge is 0.251 e. The van der Waals surface area contributed by atoms with Gasteiger partial charge in [0.15, 0.2) is 0 Å². The first-order valence-corrected chi connectivity index (χ1v) is 7.30. The van der Waals surface area contributed by atoms with Crippen molar-refractivity contribution in [1.29, 1.82) is 0 Å². The van der Waals surface area contributed by atoms with Crippen LogP contribution in [0.3, 0.4) is 0 Å². The normalized spacial score (nSPS) is 10.6. The number of rotatable bonds is 8. The van der Waals surface area contributed by atoms with Gasteiger partial charge in [-0.3, -0.25) is 4.79 Å². The lowest BCUT2D eigenvalue weighted by molar-refractivity contribution is 0.0953. The summed E-state index contributed by atoms with van der Waals surface area (Å²) < 4.78 is 6.72. The van der Waals surface area contributed by atoms with E-state index in [9.17, 15) is 4.79 Å². The van der Waals surface area contributed by atoms with Crippen molar-refractivity contribution in [1.82, 2.24) is 20.4 Å². The molecule has 1 heterocycles. The number of hydrogen-bond acceptors (Lipinski definition) is 4. The lowest BCUT2D eigenvalue weighted by Crippen LogP contribution is -2.33. The van der Waals surface area contributed by atoms with Crippen LogP contribution in [0.5, 0.6) is 0 Å². The molecule has 0 bridgehead atoms. The lowest BCUT2D eigenvalue weighted by atomic mass is 10.2. The molecule has 6 heteroatoms. The highest BCUT2D eigenvalue weighted by molar-refractivity contribution is 5.94. The van der Waals surface area contributed by atoms with Crippen LogP contribution in [0.25, 0.3) is 5.69 Å². The summed E-state index contributed by atoms with van der Waals surface area (Å²) in [5.74, 6) is -0.0725. The molecule has 0 spiro atoms. The van der Waals surface area contributed by atoms with E-state index in [1.807, 2.05) is 25.3 Å². The van der Waals surface area contributed by atoms with Crippen LogP contribution in [0.1, 0.15) is 15.9 Å². The summed E-state index contributed by atoms with van der Waals surface area (Å²) in [5, 5.41) is 10.3. The average molecular weight is 302 g/mol. The third-order valence-corrected chi connectivity index (χ3v) is 3.18. The van der Waals surface area contributed by atoms with Crippen LogP contribution in [0.2, 0.25) is 0 Å². The zero-order valence-corrected chi connectivity index (χ0v) is 13.0. The Balaban J connectivity index is 1.81. The Bertz CT molecular complexity index is 592. The number of carbonyl (C=O) groups is 1. The summed E-state index contributed by atoms with van der Waals surface area (Å²) in [5.41, 5.74) is 2.68. The molecule has 1 aromatic heterocycles. The van der Waals surface area contributed by atoms with Crippen molar-refractivity contribution >= 4 is 5.91 Å². The van der Waals surface area contributed by atoms with Crippen molar-refractivity contribution < 1.29 is 9.53 Å². The molecule has 2 aromatic rings. The van der Waals surface area contributed by atoms with Crippen LogP contribution in [-0.2, 0) is 4.74 Å². The van der Waals surface area contributed by atoms with E-state index < -0.39 is 0 Å². The van der Waals surface area contributed by atoms with Crippen LogP contribution in [0, 0.1) is 6.92 Å². The predicted octanol–water partition coefficient (Wildman–Crippen LogP) is 1.15. The van der Waals surface area contributed by atoms with Crippen LogP contribution in [-0.4, -0.2) is 49.0 Å². The fourth-order valence-electron chi connectivity index (χ4n) is 1.99. The standard InChI is InChI=1S/C16H22N4O2/c1-13-11-19-20(12-13)15-5-3-14(4-6-15)16(21)18-8-7-17-9-10-22-2/h3-6,11-12,17H,7-10H2,1-2H3,(H,18,21). The third kappa shape index (κ3) is 4.68. The second kappa shape index (κ2) is 8.31. The highest BCUT2D eigenvalue weighted by Gasteiger charge is 2.05. The quantitative estimate of drug-likeness (QED) is 0.718. The molecule has 0 aliphatic rings. The van der Waals surface area contributed by atoms with Gasteiger partial charge < -0.3 is 15.4 Å². The Morgan fingerprint density at radius 1 is 1.23 bits per heavy atom. The molecular weight excluding hydrogens is 280 g/mol. The van der Waals surface area contributed by atoms with Gasteiger partial charge in [-0.05, 0) is 36.8 Å². The minimum absolute atomic E-state index is 0.0725. The Morgan fingerprint density at radius 3 is 2.64 bits per heavy atom. The molecule has 22 heavy (non-hydrogen) atoms. The molecule has 0 unspecified atom stereocenters. The van der Waals surface area contributed by atoms with Gasteiger partial charge in [0.25, 0.3) is 5.91 Å². The number of ether oxygens (including phenoxy) is 1. The van der Waals surface area contributed by atoms with Gasteiger partial charge in [0.1, 0.15) is 0 Å². The Labute approximate surface area is 130 Å². The zero-order valence-electron chi connectivity index (χ0n) is 13.0. The first kappa shape index (κ1) is 16.2. The summed E-state index contributed by atoms with van der Waals surface area (Å²) in [6.07, 6.45) is 3.75. The predicted molar refractivity (Wildman–Crippen MR) is 85.4 cm³/mol. The summed E-state index contributed by atoms with van der Waals surface area (Å²) in [6, 6.07) is 7.39. The molecule has 2 rings (SSSR count). The molecule has 6 nitrogen and oxygen atoms in total. The van der Waals surface area contributed by atoms with E-state index >= 15 is 0 Å². The first-order valence-electron chi connectivity index (χ1n) is 7.30. The molecule has 0 saturated heterocycles. The molecular formula is C16H22N4O2.